The molecule has 8 nitrogen and oxygen atoms in total. The van der Waals surface area contributed by atoms with E-state index in [0.717, 1.165) is 5.75 Å². The SMILES string of the molecule is CCOC(=O)C1=C(CN2CCSC[C@H]2C(=O)O)NC(c2nccs2)=N[C@H]1c1ccc(Cl)cc1Cl. The van der Waals surface area contributed by atoms with Crippen LogP contribution in [0.4, 0.5) is 0 Å². The van der Waals surface area contributed by atoms with E-state index in [1.165, 1.54) is 11.3 Å². The van der Waals surface area contributed by atoms with Crippen LogP contribution in [0.3, 0.4) is 0 Å². The number of hydrogen-bond donors (Lipinski definition) is 2. The Kier molecular flexibility index (Phi) is 8.15. The average Bonchev–Trinajstić information content (AvgIpc) is 3.34. The van der Waals surface area contributed by atoms with E-state index >= 15 is 0 Å². The molecule has 2 atom stereocenters. The summed E-state index contributed by atoms with van der Waals surface area (Å²) >= 11 is 15.6. The minimum Gasteiger partial charge on any atom is -0.480 e. The number of thiazole rings is 1. The minimum absolute atomic E-state index is 0.178. The summed E-state index contributed by atoms with van der Waals surface area (Å²) in [4.78, 5) is 36.1. The Labute approximate surface area is 215 Å². The summed E-state index contributed by atoms with van der Waals surface area (Å²) in [5.41, 5.74) is 1.40. The van der Waals surface area contributed by atoms with E-state index < -0.39 is 24.0 Å². The van der Waals surface area contributed by atoms with Crippen molar-refractivity contribution in [2.24, 2.45) is 4.99 Å². The predicted octanol–water partition coefficient (Wildman–Crippen LogP) is 3.86. The summed E-state index contributed by atoms with van der Waals surface area (Å²) in [7, 11) is 0. The Balaban J connectivity index is 1.83. The van der Waals surface area contributed by atoms with Crippen LogP contribution in [0.25, 0.3) is 0 Å². The molecule has 34 heavy (non-hydrogen) atoms. The molecule has 1 aromatic heterocycles. The number of aromatic nitrogens is 1. The fourth-order valence-electron chi connectivity index (χ4n) is 3.82. The molecular formula is C22H22Cl2N4O4S2. The first-order valence-corrected chi connectivity index (χ1v) is 13.3. The number of benzene rings is 1. The van der Waals surface area contributed by atoms with Gasteiger partial charge in [0.05, 0.1) is 12.2 Å². The van der Waals surface area contributed by atoms with Crippen molar-refractivity contribution >= 4 is 64.1 Å². The van der Waals surface area contributed by atoms with Crippen molar-refractivity contribution in [3.63, 3.8) is 0 Å². The maximum Gasteiger partial charge on any atom is 0.338 e. The number of carbonyl (C=O) groups excluding carboxylic acids is 1. The first-order valence-electron chi connectivity index (χ1n) is 10.5. The molecule has 2 aromatic rings. The van der Waals surface area contributed by atoms with E-state index in [-0.39, 0.29) is 18.7 Å². The van der Waals surface area contributed by atoms with E-state index in [2.05, 4.69) is 10.3 Å². The molecule has 0 saturated carbocycles. The Hall–Kier alpha value is -2.11. The van der Waals surface area contributed by atoms with Gasteiger partial charge in [-0.15, -0.1) is 11.3 Å². The normalized spacial score (nSPS) is 21.1. The first kappa shape index (κ1) is 25.0. The molecule has 0 spiro atoms. The zero-order valence-corrected chi connectivity index (χ0v) is 21.3. The van der Waals surface area contributed by atoms with Crippen LogP contribution < -0.4 is 5.32 Å². The number of hydrogen-bond acceptors (Lipinski definition) is 9. The van der Waals surface area contributed by atoms with Crippen LogP contribution in [0.2, 0.25) is 10.0 Å². The number of amidine groups is 1. The van der Waals surface area contributed by atoms with E-state index in [9.17, 15) is 14.7 Å². The molecule has 0 aliphatic carbocycles. The molecule has 1 saturated heterocycles. The van der Waals surface area contributed by atoms with Crippen LogP contribution in [0.15, 0.2) is 46.0 Å². The van der Waals surface area contributed by atoms with Crippen LogP contribution in [-0.4, -0.2) is 70.0 Å². The van der Waals surface area contributed by atoms with E-state index in [4.69, 9.17) is 32.9 Å². The molecule has 0 unspecified atom stereocenters. The third-order valence-electron chi connectivity index (χ3n) is 5.40. The highest BCUT2D eigenvalue weighted by Gasteiger charge is 2.37. The fraction of sp³-hybridized carbons (Fsp3) is 0.364. The summed E-state index contributed by atoms with van der Waals surface area (Å²) in [6.45, 7) is 2.68. The number of rotatable bonds is 7. The first-order chi connectivity index (χ1) is 16.4. The van der Waals surface area contributed by atoms with Gasteiger partial charge in [-0.3, -0.25) is 14.7 Å². The highest BCUT2D eigenvalue weighted by Crippen LogP contribution is 2.38. The van der Waals surface area contributed by atoms with Crippen molar-refractivity contribution in [1.29, 1.82) is 0 Å². The number of esters is 1. The van der Waals surface area contributed by atoms with Gasteiger partial charge in [0.1, 0.15) is 12.1 Å². The lowest BCUT2D eigenvalue weighted by Gasteiger charge is -2.35. The van der Waals surface area contributed by atoms with E-state index in [1.807, 2.05) is 10.3 Å². The van der Waals surface area contributed by atoms with Gasteiger partial charge in [0.25, 0.3) is 0 Å². The maximum atomic E-state index is 13.2. The van der Waals surface area contributed by atoms with Crippen LogP contribution in [0.1, 0.15) is 23.5 Å². The van der Waals surface area contributed by atoms with Crippen molar-refractivity contribution in [1.82, 2.24) is 15.2 Å². The Morgan fingerprint density at radius 3 is 2.85 bits per heavy atom. The average molecular weight is 541 g/mol. The number of nitrogens with one attached hydrogen (secondary N) is 1. The number of aliphatic imine (C=N–C) groups is 1. The topological polar surface area (TPSA) is 104 Å². The standard InChI is InChI=1S/C22H22Cl2N4O4S2/c1-2-32-22(31)17-15(10-28-6-8-33-11-16(28)21(29)30)26-19(20-25-5-7-34-20)27-18(17)13-4-3-12(23)9-14(13)24/h3-5,7,9,16,18H,2,6,8,10-11H2,1H3,(H,26,27)(H,29,30)/t16-,18-/m0/s1. The molecule has 0 radical (unpaired) electrons. The summed E-state index contributed by atoms with van der Waals surface area (Å²) in [6.07, 6.45) is 1.67. The van der Waals surface area contributed by atoms with E-state index in [1.54, 1.807) is 43.1 Å². The van der Waals surface area contributed by atoms with Crippen molar-refractivity contribution < 1.29 is 19.4 Å². The van der Waals surface area contributed by atoms with Gasteiger partial charge in [0.15, 0.2) is 10.8 Å². The van der Waals surface area contributed by atoms with E-state index in [0.29, 0.717) is 44.4 Å². The summed E-state index contributed by atoms with van der Waals surface area (Å²) in [6, 6.07) is 3.58. The van der Waals surface area contributed by atoms with Gasteiger partial charge in [-0.05, 0) is 19.1 Å². The molecule has 1 fully saturated rings. The molecular weight excluding hydrogens is 519 g/mol. The molecule has 2 aliphatic heterocycles. The second-order valence-electron chi connectivity index (χ2n) is 7.52. The number of aliphatic carboxylic acids is 1. The van der Waals surface area contributed by atoms with Gasteiger partial charge < -0.3 is 15.2 Å². The minimum atomic E-state index is -0.896. The van der Waals surface area contributed by atoms with Crippen molar-refractivity contribution in [2.75, 3.05) is 31.2 Å². The molecule has 0 amide bonds. The Bertz CT molecular complexity index is 1140. The second-order valence-corrected chi connectivity index (χ2v) is 10.4. The number of carboxylic acid groups (broad SMARTS) is 1. The Morgan fingerprint density at radius 2 is 2.18 bits per heavy atom. The number of carboxylic acids is 1. The molecule has 1 aromatic carbocycles. The van der Waals surface area contributed by atoms with Gasteiger partial charge in [0, 0.05) is 57.5 Å². The monoisotopic (exact) mass is 540 g/mol. The molecule has 3 heterocycles. The van der Waals surface area contributed by atoms with Crippen LogP contribution in [-0.2, 0) is 14.3 Å². The molecule has 2 N–H and O–H groups in total. The van der Waals surface area contributed by atoms with Crippen molar-refractivity contribution in [2.45, 2.75) is 19.0 Å². The maximum absolute atomic E-state index is 13.2. The zero-order chi connectivity index (χ0) is 24.2. The zero-order valence-electron chi connectivity index (χ0n) is 18.2. The molecule has 4 rings (SSSR count). The summed E-state index contributed by atoms with van der Waals surface area (Å²) < 4.78 is 5.39. The van der Waals surface area contributed by atoms with Gasteiger partial charge in [0.2, 0.25) is 0 Å². The van der Waals surface area contributed by atoms with Crippen LogP contribution >= 0.6 is 46.3 Å². The quantitative estimate of drug-likeness (QED) is 0.510. The lowest BCUT2D eigenvalue weighted by atomic mass is 9.95. The predicted molar refractivity (Wildman–Crippen MR) is 135 cm³/mol. The molecule has 180 valence electrons. The van der Waals surface area contributed by atoms with Crippen molar-refractivity contribution in [3.05, 3.63) is 61.7 Å². The number of halogens is 2. The molecule has 12 heteroatoms. The summed E-state index contributed by atoms with van der Waals surface area (Å²) in [5, 5.41) is 16.3. The van der Waals surface area contributed by atoms with Crippen molar-refractivity contribution in [3.8, 4) is 0 Å². The van der Waals surface area contributed by atoms with Gasteiger partial charge in [-0.25, -0.2) is 9.78 Å². The number of thioether (sulfide) groups is 1. The van der Waals surface area contributed by atoms with Crippen LogP contribution in [0, 0.1) is 0 Å². The summed E-state index contributed by atoms with van der Waals surface area (Å²) in [5.74, 6) is 0.309. The highest BCUT2D eigenvalue weighted by atomic mass is 35.5. The van der Waals surface area contributed by atoms with Gasteiger partial charge in [-0.1, -0.05) is 29.3 Å². The highest BCUT2D eigenvalue weighted by molar-refractivity contribution is 7.99. The van der Waals surface area contributed by atoms with Gasteiger partial charge >= 0.3 is 11.9 Å². The van der Waals surface area contributed by atoms with Crippen LogP contribution in [0.5, 0.6) is 0 Å². The number of nitrogens with zero attached hydrogens (tertiary/aromatic N) is 3. The lowest BCUT2D eigenvalue weighted by Crippen LogP contribution is -2.50. The largest absolute Gasteiger partial charge is 0.480 e. The number of carbonyl (C=O) groups is 2. The molecule has 2 aliphatic rings. The fourth-order valence-corrected chi connectivity index (χ4v) is 6.03. The smallest absolute Gasteiger partial charge is 0.338 e. The van der Waals surface area contributed by atoms with Gasteiger partial charge in [-0.2, -0.15) is 11.8 Å². The third kappa shape index (κ3) is 5.41. The lowest BCUT2D eigenvalue weighted by molar-refractivity contribution is -0.142. The third-order valence-corrected chi connectivity index (χ3v) is 7.76. The second kappa shape index (κ2) is 11.1. The Morgan fingerprint density at radius 1 is 1.35 bits per heavy atom. The number of ether oxygens (including phenoxy) is 1. The molecule has 0 bridgehead atoms.